The van der Waals surface area contributed by atoms with E-state index < -0.39 is 0 Å². The van der Waals surface area contributed by atoms with Gasteiger partial charge in [0.2, 0.25) is 0 Å². The predicted molar refractivity (Wildman–Crippen MR) is 81.5 cm³/mol. The van der Waals surface area contributed by atoms with Crippen LogP contribution in [0.2, 0.25) is 0 Å². The van der Waals surface area contributed by atoms with Gasteiger partial charge in [-0.05, 0) is 37.5 Å². The highest BCUT2D eigenvalue weighted by Gasteiger charge is 2.18. The average Bonchev–Trinajstić information content (AvgIpc) is 2.47. The van der Waals surface area contributed by atoms with Crippen LogP contribution in [0, 0.1) is 18.8 Å². The first-order valence-corrected chi connectivity index (χ1v) is 7.32. The van der Waals surface area contributed by atoms with Crippen LogP contribution in [0.5, 0.6) is 0 Å². The van der Waals surface area contributed by atoms with Crippen molar-refractivity contribution < 1.29 is 4.79 Å². The zero-order chi connectivity index (χ0) is 14.4. The quantitative estimate of drug-likeness (QED) is 0.811. The summed E-state index contributed by atoms with van der Waals surface area (Å²) in [5, 5.41) is 3.15. The van der Waals surface area contributed by atoms with Crippen molar-refractivity contribution in [2.45, 2.75) is 45.1 Å². The molecule has 0 radical (unpaired) electrons. The van der Waals surface area contributed by atoms with E-state index in [0.717, 1.165) is 29.5 Å². The fourth-order valence-electron chi connectivity index (χ4n) is 2.67. The minimum atomic E-state index is 0.0193. The van der Waals surface area contributed by atoms with Crippen LogP contribution >= 0.6 is 0 Å². The van der Waals surface area contributed by atoms with Crippen LogP contribution in [-0.4, -0.2) is 18.5 Å². The van der Waals surface area contributed by atoms with Crippen molar-refractivity contribution in [2.75, 3.05) is 6.54 Å². The number of nitrogens with two attached hydrogens (primary N) is 1. The third kappa shape index (κ3) is 3.61. The Morgan fingerprint density at radius 3 is 2.80 bits per heavy atom. The van der Waals surface area contributed by atoms with Gasteiger partial charge in [0.15, 0.2) is 0 Å². The van der Waals surface area contributed by atoms with E-state index in [1.165, 1.54) is 19.3 Å². The molecule has 0 bridgehead atoms. The summed E-state index contributed by atoms with van der Waals surface area (Å²) in [4.78, 5) is 12.4. The van der Waals surface area contributed by atoms with Crippen LogP contribution < -0.4 is 11.1 Å². The van der Waals surface area contributed by atoms with Crippen molar-refractivity contribution in [3.8, 4) is 11.8 Å². The van der Waals surface area contributed by atoms with Gasteiger partial charge < -0.3 is 11.1 Å². The van der Waals surface area contributed by atoms with Crippen molar-refractivity contribution in [3.05, 3.63) is 34.9 Å². The summed E-state index contributed by atoms with van der Waals surface area (Å²) in [6.45, 7) is 2.27. The molecule has 106 valence electrons. The summed E-state index contributed by atoms with van der Waals surface area (Å²) in [7, 11) is 0. The molecule has 1 amide bonds. The maximum absolute atomic E-state index is 12.4. The van der Waals surface area contributed by atoms with Gasteiger partial charge >= 0.3 is 0 Å². The maximum atomic E-state index is 12.4. The molecule has 1 aliphatic rings. The molecule has 0 heterocycles. The van der Waals surface area contributed by atoms with Crippen LogP contribution in [0.1, 0.15) is 53.6 Å². The normalized spacial score (nSPS) is 15.3. The van der Waals surface area contributed by atoms with Crippen LogP contribution in [0.15, 0.2) is 18.2 Å². The highest BCUT2D eigenvalue weighted by Crippen LogP contribution is 2.19. The minimum absolute atomic E-state index is 0.0193. The molecule has 1 aliphatic carbocycles. The Balaban J connectivity index is 2.13. The zero-order valence-electron chi connectivity index (χ0n) is 12.0. The molecule has 3 heteroatoms. The molecule has 1 aromatic carbocycles. The predicted octanol–water partition coefficient (Wildman–Crippen LogP) is 2.37. The monoisotopic (exact) mass is 270 g/mol. The van der Waals surface area contributed by atoms with Crippen molar-refractivity contribution in [2.24, 2.45) is 5.73 Å². The van der Waals surface area contributed by atoms with Gasteiger partial charge in [-0.25, -0.2) is 0 Å². The standard InChI is InChI=1S/C17H22N2O/c1-13-14(8-6-12-18)7-5-11-16(13)17(20)19-15-9-3-2-4-10-15/h5,7,11,15H,2-4,9-10,12,18H2,1H3,(H,19,20). The molecule has 20 heavy (non-hydrogen) atoms. The molecule has 0 spiro atoms. The Hall–Kier alpha value is -1.79. The zero-order valence-corrected chi connectivity index (χ0v) is 12.0. The molecule has 2 rings (SSSR count). The number of amides is 1. The molecule has 1 saturated carbocycles. The summed E-state index contributed by atoms with van der Waals surface area (Å²) in [5.41, 5.74) is 7.93. The van der Waals surface area contributed by atoms with Gasteiger partial charge in [-0.1, -0.05) is 37.2 Å². The Morgan fingerprint density at radius 1 is 1.35 bits per heavy atom. The lowest BCUT2D eigenvalue weighted by atomic mass is 9.94. The fourth-order valence-corrected chi connectivity index (χ4v) is 2.67. The second-order valence-corrected chi connectivity index (χ2v) is 5.29. The topological polar surface area (TPSA) is 55.1 Å². The number of rotatable bonds is 2. The van der Waals surface area contributed by atoms with E-state index in [1.54, 1.807) is 0 Å². The number of carbonyl (C=O) groups is 1. The van der Waals surface area contributed by atoms with E-state index >= 15 is 0 Å². The number of carbonyl (C=O) groups excluding carboxylic acids is 1. The Morgan fingerprint density at radius 2 is 2.10 bits per heavy atom. The number of nitrogens with one attached hydrogen (secondary N) is 1. The van der Waals surface area contributed by atoms with Crippen LogP contribution in [0.25, 0.3) is 0 Å². The molecule has 3 N–H and O–H groups in total. The molecule has 1 fully saturated rings. The van der Waals surface area contributed by atoms with Crippen molar-refractivity contribution in [3.63, 3.8) is 0 Å². The minimum Gasteiger partial charge on any atom is -0.349 e. The van der Waals surface area contributed by atoms with Crippen molar-refractivity contribution >= 4 is 5.91 Å². The molecule has 0 aromatic heterocycles. The molecule has 3 nitrogen and oxygen atoms in total. The molecule has 0 atom stereocenters. The van der Waals surface area contributed by atoms with Crippen molar-refractivity contribution in [1.82, 2.24) is 5.32 Å². The lowest BCUT2D eigenvalue weighted by Crippen LogP contribution is -2.36. The van der Waals surface area contributed by atoms with E-state index in [1.807, 2.05) is 25.1 Å². The summed E-state index contributed by atoms with van der Waals surface area (Å²) in [6, 6.07) is 5.99. The molecular formula is C17H22N2O. The van der Waals surface area contributed by atoms with E-state index in [2.05, 4.69) is 17.2 Å². The molecular weight excluding hydrogens is 248 g/mol. The van der Waals surface area contributed by atoms with E-state index in [4.69, 9.17) is 5.73 Å². The second kappa shape index (κ2) is 7.12. The summed E-state index contributed by atoms with van der Waals surface area (Å²) >= 11 is 0. The summed E-state index contributed by atoms with van der Waals surface area (Å²) < 4.78 is 0. The number of benzene rings is 1. The van der Waals surface area contributed by atoms with Gasteiger partial charge in [-0.15, -0.1) is 0 Å². The van der Waals surface area contributed by atoms with Crippen LogP contribution in [0.3, 0.4) is 0 Å². The lowest BCUT2D eigenvalue weighted by Gasteiger charge is -2.23. The van der Waals surface area contributed by atoms with E-state index in [0.29, 0.717) is 12.6 Å². The van der Waals surface area contributed by atoms with Gasteiger partial charge in [0.25, 0.3) is 5.91 Å². The van der Waals surface area contributed by atoms with Gasteiger partial charge in [-0.3, -0.25) is 4.79 Å². The third-order valence-electron chi connectivity index (χ3n) is 3.84. The smallest absolute Gasteiger partial charge is 0.251 e. The Bertz CT molecular complexity index is 534. The van der Waals surface area contributed by atoms with Gasteiger partial charge in [-0.2, -0.15) is 0 Å². The first-order valence-electron chi connectivity index (χ1n) is 7.32. The summed E-state index contributed by atoms with van der Waals surface area (Å²) in [6.07, 6.45) is 5.91. The second-order valence-electron chi connectivity index (χ2n) is 5.29. The molecule has 0 unspecified atom stereocenters. The maximum Gasteiger partial charge on any atom is 0.251 e. The summed E-state index contributed by atoms with van der Waals surface area (Å²) in [5.74, 6) is 5.87. The van der Waals surface area contributed by atoms with Gasteiger partial charge in [0.05, 0.1) is 6.54 Å². The largest absolute Gasteiger partial charge is 0.349 e. The highest BCUT2D eigenvalue weighted by atomic mass is 16.1. The van der Waals surface area contributed by atoms with E-state index in [-0.39, 0.29) is 5.91 Å². The van der Waals surface area contributed by atoms with E-state index in [9.17, 15) is 4.79 Å². The SMILES string of the molecule is Cc1c(C#CCN)cccc1C(=O)NC1CCCCC1. The first-order chi connectivity index (χ1) is 9.72. The van der Waals surface area contributed by atoms with Gasteiger partial charge in [0.1, 0.15) is 0 Å². The Kier molecular flexibility index (Phi) is 5.20. The first kappa shape index (κ1) is 14.6. The van der Waals surface area contributed by atoms with Crippen LogP contribution in [0.4, 0.5) is 0 Å². The lowest BCUT2D eigenvalue weighted by molar-refractivity contribution is 0.0927. The van der Waals surface area contributed by atoms with Crippen LogP contribution in [-0.2, 0) is 0 Å². The van der Waals surface area contributed by atoms with Crippen molar-refractivity contribution in [1.29, 1.82) is 0 Å². The molecule has 0 saturated heterocycles. The third-order valence-corrected chi connectivity index (χ3v) is 3.84. The number of hydrogen-bond donors (Lipinski definition) is 2. The highest BCUT2D eigenvalue weighted by molar-refractivity contribution is 5.96. The van der Waals surface area contributed by atoms with Gasteiger partial charge in [0, 0.05) is 17.2 Å². The molecule has 1 aromatic rings. The Labute approximate surface area is 120 Å². The number of hydrogen-bond acceptors (Lipinski definition) is 2. The molecule has 0 aliphatic heterocycles. The fraction of sp³-hybridized carbons (Fsp3) is 0.471. The average molecular weight is 270 g/mol.